The van der Waals surface area contributed by atoms with Gasteiger partial charge in [0.05, 0.1) is 4.61 Å². The molecule has 2 heteroatoms. The van der Waals surface area contributed by atoms with Gasteiger partial charge in [0.25, 0.3) is 0 Å². The Labute approximate surface area is 71.2 Å². The smallest absolute Gasteiger partial charge is 0.0792 e. The lowest BCUT2D eigenvalue weighted by atomic mass is 10.4. The molecule has 1 nitrogen and oxygen atoms in total. The lowest BCUT2D eigenvalue weighted by Gasteiger charge is -2.17. The highest BCUT2D eigenvalue weighted by Crippen LogP contribution is 2.21. The molecule has 0 amide bonds. The van der Waals surface area contributed by atoms with Gasteiger partial charge in [0.1, 0.15) is 0 Å². The van der Waals surface area contributed by atoms with Crippen molar-refractivity contribution in [1.82, 2.24) is 4.90 Å². The fraction of sp³-hybridized carbons (Fsp3) is 0.750. The second kappa shape index (κ2) is 3.42. The van der Waals surface area contributed by atoms with Crippen molar-refractivity contribution in [3.8, 4) is 0 Å². The summed E-state index contributed by atoms with van der Waals surface area (Å²) < 4.78 is 1.30. The molecule has 0 unspecified atom stereocenters. The SMILES string of the molecule is CC(C)=C(Br)N1CCCC1. The van der Waals surface area contributed by atoms with Gasteiger partial charge in [-0.2, -0.15) is 0 Å². The summed E-state index contributed by atoms with van der Waals surface area (Å²) >= 11 is 3.57. The van der Waals surface area contributed by atoms with E-state index in [1.165, 1.54) is 36.1 Å². The largest absolute Gasteiger partial charge is 0.366 e. The zero-order chi connectivity index (χ0) is 7.56. The van der Waals surface area contributed by atoms with Crippen LogP contribution in [0.25, 0.3) is 0 Å². The standard InChI is InChI=1S/C8H14BrN/c1-7(2)8(9)10-5-3-4-6-10/h3-6H2,1-2H3. The van der Waals surface area contributed by atoms with Crippen molar-refractivity contribution in [3.63, 3.8) is 0 Å². The van der Waals surface area contributed by atoms with Crippen molar-refractivity contribution >= 4 is 15.9 Å². The molecule has 1 saturated heterocycles. The quantitative estimate of drug-likeness (QED) is 0.593. The van der Waals surface area contributed by atoms with E-state index in [1.54, 1.807) is 0 Å². The van der Waals surface area contributed by atoms with Gasteiger partial charge in [0.2, 0.25) is 0 Å². The summed E-state index contributed by atoms with van der Waals surface area (Å²) in [5, 5.41) is 0. The van der Waals surface area contributed by atoms with Gasteiger partial charge in [0, 0.05) is 13.1 Å². The molecule has 0 aliphatic carbocycles. The first-order valence-electron chi connectivity index (χ1n) is 3.80. The lowest BCUT2D eigenvalue weighted by Crippen LogP contribution is -2.15. The summed E-state index contributed by atoms with van der Waals surface area (Å²) in [6.07, 6.45) is 2.70. The Morgan fingerprint density at radius 1 is 1.20 bits per heavy atom. The Morgan fingerprint density at radius 2 is 1.70 bits per heavy atom. The van der Waals surface area contributed by atoms with Gasteiger partial charge in [-0.3, -0.25) is 0 Å². The maximum absolute atomic E-state index is 3.57. The summed E-state index contributed by atoms with van der Waals surface area (Å²) in [6.45, 7) is 6.74. The lowest BCUT2D eigenvalue weighted by molar-refractivity contribution is 0.455. The first-order valence-corrected chi connectivity index (χ1v) is 4.59. The molecule has 1 rings (SSSR count). The Hall–Kier alpha value is 0.0200. The number of rotatable bonds is 1. The molecule has 0 aromatic carbocycles. The van der Waals surface area contributed by atoms with E-state index in [1.807, 2.05) is 0 Å². The third kappa shape index (κ3) is 1.75. The molecule has 1 aliphatic heterocycles. The zero-order valence-electron chi connectivity index (χ0n) is 6.65. The summed E-state index contributed by atoms with van der Waals surface area (Å²) in [4.78, 5) is 2.40. The zero-order valence-corrected chi connectivity index (χ0v) is 8.24. The molecule has 1 aliphatic rings. The molecule has 1 fully saturated rings. The average molecular weight is 204 g/mol. The Morgan fingerprint density at radius 3 is 2.10 bits per heavy atom. The molecule has 0 bridgehead atoms. The first kappa shape index (κ1) is 8.12. The van der Waals surface area contributed by atoms with Gasteiger partial charge < -0.3 is 4.90 Å². The van der Waals surface area contributed by atoms with E-state index in [0.717, 1.165) is 0 Å². The highest BCUT2D eigenvalue weighted by Gasteiger charge is 2.12. The van der Waals surface area contributed by atoms with Crippen molar-refractivity contribution in [1.29, 1.82) is 0 Å². The van der Waals surface area contributed by atoms with Crippen LogP contribution in [0.5, 0.6) is 0 Å². The average Bonchev–Trinajstić information content (AvgIpc) is 2.36. The molecule has 1 heterocycles. The molecule has 0 N–H and O–H groups in total. The molecule has 0 aromatic heterocycles. The van der Waals surface area contributed by atoms with E-state index >= 15 is 0 Å². The predicted molar refractivity (Wildman–Crippen MR) is 48.1 cm³/mol. The van der Waals surface area contributed by atoms with Crippen LogP contribution in [-0.2, 0) is 0 Å². The fourth-order valence-electron chi connectivity index (χ4n) is 1.23. The van der Waals surface area contributed by atoms with E-state index in [4.69, 9.17) is 0 Å². The second-order valence-corrected chi connectivity index (χ2v) is 3.74. The minimum Gasteiger partial charge on any atom is -0.366 e. The highest BCUT2D eigenvalue weighted by atomic mass is 79.9. The molecule has 0 saturated carbocycles. The Bertz CT molecular complexity index is 141. The van der Waals surface area contributed by atoms with Crippen molar-refractivity contribution < 1.29 is 0 Å². The van der Waals surface area contributed by atoms with Gasteiger partial charge in [-0.05, 0) is 48.2 Å². The molecule has 0 aromatic rings. The predicted octanol–water partition coefficient (Wildman–Crippen LogP) is 2.73. The first-order chi connectivity index (χ1) is 4.72. The molecule has 58 valence electrons. The summed E-state index contributed by atoms with van der Waals surface area (Å²) in [7, 11) is 0. The molecule has 0 radical (unpaired) electrons. The van der Waals surface area contributed by atoms with Gasteiger partial charge in [-0.1, -0.05) is 0 Å². The summed E-state index contributed by atoms with van der Waals surface area (Å²) in [5.74, 6) is 0. The van der Waals surface area contributed by atoms with Crippen molar-refractivity contribution in [2.24, 2.45) is 0 Å². The fourth-order valence-corrected chi connectivity index (χ4v) is 1.58. The minimum absolute atomic E-state index is 1.23. The number of hydrogen-bond donors (Lipinski definition) is 0. The van der Waals surface area contributed by atoms with E-state index in [9.17, 15) is 0 Å². The Kier molecular flexibility index (Phi) is 2.78. The van der Waals surface area contributed by atoms with Crippen LogP contribution in [0.3, 0.4) is 0 Å². The van der Waals surface area contributed by atoms with Crippen molar-refractivity contribution in [2.45, 2.75) is 26.7 Å². The van der Waals surface area contributed by atoms with E-state index in [-0.39, 0.29) is 0 Å². The monoisotopic (exact) mass is 203 g/mol. The van der Waals surface area contributed by atoms with Crippen LogP contribution in [0.1, 0.15) is 26.7 Å². The molecule has 0 spiro atoms. The summed E-state index contributed by atoms with van der Waals surface area (Å²) in [6, 6.07) is 0. The molecular weight excluding hydrogens is 190 g/mol. The van der Waals surface area contributed by atoms with Crippen LogP contribution >= 0.6 is 15.9 Å². The van der Waals surface area contributed by atoms with Crippen molar-refractivity contribution in [3.05, 3.63) is 10.2 Å². The maximum Gasteiger partial charge on any atom is 0.0792 e. The van der Waals surface area contributed by atoms with Crippen LogP contribution in [0.2, 0.25) is 0 Å². The van der Waals surface area contributed by atoms with Gasteiger partial charge in [0.15, 0.2) is 0 Å². The van der Waals surface area contributed by atoms with E-state index < -0.39 is 0 Å². The minimum atomic E-state index is 1.23. The molecule has 0 atom stereocenters. The van der Waals surface area contributed by atoms with Crippen LogP contribution in [-0.4, -0.2) is 18.0 Å². The van der Waals surface area contributed by atoms with Gasteiger partial charge in [-0.15, -0.1) is 0 Å². The number of hydrogen-bond acceptors (Lipinski definition) is 1. The van der Waals surface area contributed by atoms with Crippen LogP contribution < -0.4 is 0 Å². The van der Waals surface area contributed by atoms with Crippen LogP contribution in [0.15, 0.2) is 10.2 Å². The van der Waals surface area contributed by atoms with Gasteiger partial charge in [-0.25, -0.2) is 0 Å². The van der Waals surface area contributed by atoms with Crippen LogP contribution in [0.4, 0.5) is 0 Å². The second-order valence-electron chi connectivity index (χ2n) is 2.98. The number of likely N-dealkylation sites (tertiary alicyclic amines) is 1. The molecular formula is C8H14BrN. The third-order valence-electron chi connectivity index (χ3n) is 1.80. The molecule has 10 heavy (non-hydrogen) atoms. The number of halogens is 1. The van der Waals surface area contributed by atoms with Gasteiger partial charge >= 0.3 is 0 Å². The van der Waals surface area contributed by atoms with Crippen LogP contribution in [0, 0.1) is 0 Å². The summed E-state index contributed by atoms with van der Waals surface area (Å²) in [5.41, 5.74) is 1.38. The van der Waals surface area contributed by atoms with Crippen molar-refractivity contribution in [2.75, 3.05) is 13.1 Å². The third-order valence-corrected chi connectivity index (χ3v) is 3.09. The Balaban J connectivity index is 2.56. The maximum atomic E-state index is 3.57. The number of nitrogens with zero attached hydrogens (tertiary/aromatic N) is 1. The topological polar surface area (TPSA) is 3.24 Å². The normalized spacial score (nSPS) is 17.7. The highest BCUT2D eigenvalue weighted by molar-refractivity contribution is 9.11. The van der Waals surface area contributed by atoms with E-state index in [2.05, 4.69) is 34.7 Å². The van der Waals surface area contributed by atoms with E-state index in [0.29, 0.717) is 0 Å². The number of allylic oxidation sites excluding steroid dienone is 1.